The summed E-state index contributed by atoms with van der Waals surface area (Å²) in [6, 6.07) is 24.9. The predicted octanol–water partition coefficient (Wildman–Crippen LogP) is 7.03. The Morgan fingerprint density at radius 1 is 1.00 bits per heavy atom. The smallest absolute Gasteiger partial charge is 0.244 e. The number of carbonyl (C=O) groups excluding carboxylic acids is 2. The van der Waals surface area contributed by atoms with Gasteiger partial charge in [-0.3, -0.25) is 9.59 Å². The zero-order valence-corrected chi connectivity index (χ0v) is 21.7. The van der Waals surface area contributed by atoms with Crippen LogP contribution in [0.25, 0.3) is 11.3 Å². The van der Waals surface area contributed by atoms with Gasteiger partial charge in [0.05, 0.1) is 12.8 Å². The van der Waals surface area contributed by atoms with Crippen LogP contribution >= 0.6 is 23.1 Å². The van der Waals surface area contributed by atoms with Crippen molar-refractivity contribution in [3.05, 3.63) is 89.8 Å². The number of nitrogens with one attached hydrogen (secondary N) is 2. The summed E-state index contributed by atoms with van der Waals surface area (Å²) in [4.78, 5) is 31.0. The fourth-order valence-electron chi connectivity index (χ4n) is 3.55. The molecule has 2 N–H and O–H groups in total. The van der Waals surface area contributed by atoms with Gasteiger partial charge < -0.3 is 15.4 Å². The van der Waals surface area contributed by atoms with Crippen molar-refractivity contribution in [2.24, 2.45) is 0 Å². The Bertz CT molecular complexity index is 1320. The molecule has 0 bridgehead atoms. The second-order valence-corrected chi connectivity index (χ2v) is 10.0. The largest absolute Gasteiger partial charge is 0.497 e. The van der Waals surface area contributed by atoms with Gasteiger partial charge >= 0.3 is 0 Å². The van der Waals surface area contributed by atoms with Gasteiger partial charge in [-0.15, -0.1) is 23.1 Å². The molecule has 3 aromatic carbocycles. The fourth-order valence-corrected chi connectivity index (χ4v) is 5.36. The average molecular weight is 518 g/mol. The molecule has 2 amide bonds. The molecule has 4 aromatic rings. The standard InChI is InChI=1S/C28H27N3O3S2/c1-3-9-25(32)29-21-13-8-15-23(17-21)36-26(19-10-5-4-6-11-19)27(33)31-28-30-24(18-35-28)20-12-7-14-22(16-20)34-2/h4-8,10-18,26H,3,9H2,1-2H3,(H,29,32)(H,30,31,33). The SMILES string of the molecule is CCCC(=O)Nc1cccc(SC(C(=O)Nc2nc(-c3cccc(OC)c3)cs2)c2ccccc2)c1. The maximum absolute atomic E-state index is 13.5. The summed E-state index contributed by atoms with van der Waals surface area (Å²) in [7, 11) is 1.63. The lowest BCUT2D eigenvalue weighted by atomic mass is 10.1. The normalized spacial score (nSPS) is 11.5. The van der Waals surface area contributed by atoms with Crippen LogP contribution < -0.4 is 15.4 Å². The molecule has 0 radical (unpaired) electrons. The molecule has 0 saturated carbocycles. The first-order valence-electron chi connectivity index (χ1n) is 11.6. The minimum absolute atomic E-state index is 0.0207. The summed E-state index contributed by atoms with van der Waals surface area (Å²) in [6.45, 7) is 1.97. The van der Waals surface area contributed by atoms with Crippen LogP contribution in [0.15, 0.2) is 89.1 Å². The predicted molar refractivity (Wildman–Crippen MR) is 148 cm³/mol. The first-order valence-corrected chi connectivity index (χ1v) is 13.3. The van der Waals surface area contributed by atoms with Gasteiger partial charge in [-0.25, -0.2) is 4.98 Å². The average Bonchev–Trinajstić information content (AvgIpc) is 3.36. The fraction of sp³-hybridized carbons (Fsp3) is 0.179. The maximum Gasteiger partial charge on any atom is 0.244 e. The van der Waals surface area contributed by atoms with Crippen molar-refractivity contribution in [3.63, 3.8) is 0 Å². The second kappa shape index (κ2) is 12.4. The number of methoxy groups -OCH3 is 1. The number of nitrogens with zero attached hydrogens (tertiary/aromatic N) is 1. The van der Waals surface area contributed by atoms with E-state index in [1.54, 1.807) is 7.11 Å². The Morgan fingerprint density at radius 3 is 2.58 bits per heavy atom. The molecular weight excluding hydrogens is 490 g/mol. The molecule has 0 aliphatic carbocycles. The van der Waals surface area contributed by atoms with Crippen molar-refractivity contribution in [2.75, 3.05) is 17.7 Å². The number of thiazole rings is 1. The first kappa shape index (κ1) is 25.5. The van der Waals surface area contributed by atoms with Crippen molar-refractivity contribution in [1.82, 2.24) is 4.98 Å². The highest BCUT2D eigenvalue weighted by atomic mass is 32.2. The lowest BCUT2D eigenvalue weighted by Gasteiger charge is -2.17. The highest BCUT2D eigenvalue weighted by Gasteiger charge is 2.23. The molecule has 1 heterocycles. The van der Waals surface area contributed by atoms with Crippen molar-refractivity contribution in [1.29, 1.82) is 0 Å². The topological polar surface area (TPSA) is 80.3 Å². The minimum Gasteiger partial charge on any atom is -0.497 e. The number of thioether (sulfide) groups is 1. The van der Waals surface area contributed by atoms with Crippen LogP contribution in [-0.4, -0.2) is 23.9 Å². The van der Waals surface area contributed by atoms with E-state index in [1.165, 1.54) is 23.1 Å². The number of amides is 2. The molecule has 8 heteroatoms. The molecular formula is C28H27N3O3S2. The molecule has 4 rings (SSSR count). The maximum atomic E-state index is 13.5. The van der Waals surface area contributed by atoms with Crippen molar-refractivity contribution >= 4 is 45.7 Å². The summed E-state index contributed by atoms with van der Waals surface area (Å²) in [5, 5.41) is 7.85. The summed E-state index contributed by atoms with van der Waals surface area (Å²) in [5.41, 5.74) is 3.29. The Balaban J connectivity index is 1.53. The number of benzene rings is 3. The van der Waals surface area contributed by atoms with Crippen LogP contribution in [-0.2, 0) is 9.59 Å². The quantitative estimate of drug-likeness (QED) is 0.221. The van der Waals surface area contributed by atoms with E-state index in [0.717, 1.165) is 33.9 Å². The third-order valence-corrected chi connectivity index (χ3v) is 7.29. The number of anilines is 2. The number of aromatic nitrogens is 1. The molecule has 1 aromatic heterocycles. The van der Waals surface area contributed by atoms with Gasteiger partial charge in [0.2, 0.25) is 11.8 Å². The van der Waals surface area contributed by atoms with E-state index in [0.29, 0.717) is 17.2 Å². The molecule has 184 valence electrons. The van der Waals surface area contributed by atoms with E-state index in [1.807, 2.05) is 91.2 Å². The monoisotopic (exact) mass is 517 g/mol. The van der Waals surface area contributed by atoms with Gasteiger partial charge in [0.15, 0.2) is 5.13 Å². The number of ether oxygens (including phenoxy) is 1. The van der Waals surface area contributed by atoms with Crippen LogP contribution in [0, 0.1) is 0 Å². The second-order valence-electron chi connectivity index (χ2n) is 7.99. The van der Waals surface area contributed by atoms with Gasteiger partial charge in [0.1, 0.15) is 11.0 Å². The van der Waals surface area contributed by atoms with Crippen LogP contribution in [0.2, 0.25) is 0 Å². The Labute approximate surface area is 219 Å². The van der Waals surface area contributed by atoms with Crippen LogP contribution in [0.1, 0.15) is 30.6 Å². The number of hydrogen-bond acceptors (Lipinski definition) is 6. The first-order chi connectivity index (χ1) is 17.6. The van der Waals surface area contributed by atoms with Gasteiger partial charge in [0.25, 0.3) is 0 Å². The van der Waals surface area contributed by atoms with Gasteiger partial charge in [-0.1, -0.05) is 55.5 Å². The van der Waals surface area contributed by atoms with E-state index < -0.39 is 5.25 Å². The van der Waals surface area contributed by atoms with Crippen molar-refractivity contribution in [3.8, 4) is 17.0 Å². The van der Waals surface area contributed by atoms with E-state index in [-0.39, 0.29) is 11.8 Å². The van der Waals surface area contributed by atoms with E-state index in [4.69, 9.17) is 4.74 Å². The molecule has 0 saturated heterocycles. The zero-order chi connectivity index (χ0) is 25.3. The molecule has 0 aliphatic heterocycles. The van der Waals surface area contributed by atoms with Crippen molar-refractivity contribution < 1.29 is 14.3 Å². The molecule has 0 spiro atoms. The lowest BCUT2D eigenvalue weighted by molar-refractivity contribution is -0.116. The Morgan fingerprint density at radius 2 is 1.81 bits per heavy atom. The van der Waals surface area contributed by atoms with Crippen molar-refractivity contribution in [2.45, 2.75) is 29.9 Å². The van der Waals surface area contributed by atoms with E-state index in [9.17, 15) is 9.59 Å². The zero-order valence-electron chi connectivity index (χ0n) is 20.1. The molecule has 1 atom stereocenters. The number of hydrogen-bond donors (Lipinski definition) is 2. The van der Waals surface area contributed by atoms with Gasteiger partial charge in [-0.05, 0) is 42.3 Å². The molecule has 1 unspecified atom stereocenters. The summed E-state index contributed by atoms with van der Waals surface area (Å²) >= 11 is 2.81. The van der Waals surface area contributed by atoms with Gasteiger partial charge in [0, 0.05) is 27.9 Å². The molecule has 0 fully saturated rings. The highest BCUT2D eigenvalue weighted by Crippen LogP contribution is 2.38. The third kappa shape index (κ3) is 6.74. The molecule has 36 heavy (non-hydrogen) atoms. The van der Waals surface area contributed by atoms with Crippen LogP contribution in [0.3, 0.4) is 0 Å². The molecule has 6 nitrogen and oxygen atoms in total. The summed E-state index contributed by atoms with van der Waals surface area (Å²) in [5.74, 6) is 0.561. The molecule has 0 aliphatic rings. The lowest BCUT2D eigenvalue weighted by Crippen LogP contribution is -2.19. The Hall–Kier alpha value is -3.62. The van der Waals surface area contributed by atoms with E-state index >= 15 is 0 Å². The third-order valence-electron chi connectivity index (χ3n) is 5.29. The van der Waals surface area contributed by atoms with E-state index in [2.05, 4.69) is 15.6 Å². The van der Waals surface area contributed by atoms with Gasteiger partial charge in [-0.2, -0.15) is 0 Å². The number of carbonyl (C=O) groups is 2. The minimum atomic E-state index is -0.503. The summed E-state index contributed by atoms with van der Waals surface area (Å²) < 4.78 is 5.31. The van der Waals surface area contributed by atoms with Crippen LogP contribution in [0.4, 0.5) is 10.8 Å². The Kier molecular flexibility index (Phi) is 8.76. The van der Waals surface area contributed by atoms with Crippen LogP contribution in [0.5, 0.6) is 5.75 Å². The summed E-state index contributed by atoms with van der Waals surface area (Å²) in [6.07, 6.45) is 1.25. The highest BCUT2D eigenvalue weighted by molar-refractivity contribution is 8.00. The number of rotatable bonds is 10.